The molecule has 0 atom stereocenters. The Kier molecular flexibility index (Phi) is 4.90. The van der Waals surface area contributed by atoms with Crippen LogP contribution in [0.25, 0.3) is 0 Å². The van der Waals surface area contributed by atoms with E-state index in [1.807, 2.05) is 0 Å². The second-order valence-corrected chi connectivity index (χ2v) is 4.05. The van der Waals surface area contributed by atoms with E-state index in [4.69, 9.17) is 11.6 Å². The zero-order valence-corrected chi connectivity index (χ0v) is 10.7. The van der Waals surface area contributed by atoms with Crippen LogP contribution in [0.3, 0.4) is 0 Å². The first-order chi connectivity index (χ1) is 9.81. The van der Waals surface area contributed by atoms with Crippen LogP contribution < -0.4 is 4.74 Å². The third kappa shape index (κ3) is 4.76. The van der Waals surface area contributed by atoms with Crippen molar-refractivity contribution in [2.75, 3.05) is 0 Å². The summed E-state index contributed by atoms with van der Waals surface area (Å²) >= 11 is 5.31. The summed E-state index contributed by atoms with van der Waals surface area (Å²) in [4.78, 5) is 9.14. The Bertz CT molecular complexity index is 624. The maximum absolute atomic E-state index is 13.1. The van der Waals surface area contributed by atoms with E-state index in [-0.39, 0.29) is 12.1 Å². The molecule has 0 aliphatic carbocycles. The Labute approximate surface area is 121 Å². The van der Waals surface area contributed by atoms with Crippen molar-refractivity contribution in [3.05, 3.63) is 44.9 Å². The summed E-state index contributed by atoms with van der Waals surface area (Å²) in [6, 6.07) is 0.393. The number of halogens is 8. The molecule has 1 aromatic rings. The van der Waals surface area contributed by atoms with Gasteiger partial charge in [-0.15, -0.1) is 0 Å². The molecule has 0 heterocycles. The lowest BCUT2D eigenvalue weighted by atomic mass is 10.3. The zero-order chi connectivity index (χ0) is 17.3. The van der Waals surface area contributed by atoms with E-state index in [0.29, 0.717) is 0 Å². The predicted octanol–water partition coefficient (Wildman–Crippen LogP) is 4.77. The van der Waals surface area contributed by atoms with E-state index in [9.17, 15) is 40.8 Å². The smallest absolute Gasteiger partial charge is 0.449 e. The first-order valence-corrected chi connectivity index (χ1v) is 5.37. The maximum Gasteiger partial charge on any atom is 0.449 e. The highest BCUT2D eigenvalue weighted by atomic mass is 35.5. The SMILES string of the molecule is O=[N+]([O-])c1cc(OC(=CC(F)(F)F)C(F)(F)F)c(Cl)cc1F. The molecule has 0 unspecified atom stereocenters. The second kappa shape index (κ2) is 5.99. The van der Waals surface area contributed by atoms with Crippen molar-refractivity contribution in [2.24, 2.45) is 0 Å². The van der Waals surface area contributed by atoms with Gasteiger partial charge < -0.3 is 4.74 Å². The number of rotatable bonds is 3. The van der Waals surface area contributed by atoms with Crippen LogP contribution in [0, 0.1) is 15.9 Å². The van der Waals surface area contributed by atoms with Gasteiger partial charge in [-0.3, -0.25) is 10.1 Å². The second-order valence-electron chi connectivity index (χ2n) is 3.64. The van der Waals surface area contributed by atoms with Crippen LogP contribution in [0.2, 0.25) is 5.02 Å². The summed E-state index contributed by atoms with van der Waals surface area (Å²) in [5, 5.41) is 9.57. The minimum Gasteiger partial charge on any atom is -0.450 e. The highest BCUT2D eigenvalue weighted by Crippen LogP contribution is 2.37. The largest absolute Gasteiger partial charge is 0.450 e. The summed E-state index contributed by atoms with van der Waals surface area (Å²) in [7, 11) is 0. The van der Waals surface area contributed by atoms with E-state index in [2.05, 4.69) is 4.74 Å². The fourth-order valence-corrected chi connectivity index (χ4v) is 1.36. The first-order valence-electron chi connectivity index (χ1n) is 4.99. The molecular formula is C10H3ClF7NO3. The Morgan fingerprint density at radius 1 is 1.23 bits per heavy atom. The monoisotopic (exact) mass is 353 g/mol. The number of nitrogens with zero attached hydrogens (tertiary/aromatic N) is 1. The summed E-state index contributed by atoms with van der Waals surface area (Å²) in [6.45, 7) is 0. The Morgan fingerprint density at radius 2 is 1.77 bits per heavy atom. The van der Waals surface area contributed by atoms with Crippen molar-refractivity contribution in [2.45, 2.75) is 12.4 Å². The van der Waals surface area contributed by atoms with Crippen LogP contribution in [0.15, 0.2) is 24.0 Å². The van der Waals surface area contributed by atoms with Gasteiger partial charge in [0, 0.05) is 6.07 Å². The Morgan fingerprint density at radius 3 is 2.18 bits per heavy atom. The molecule has 1 rings (SSSR count). The highest BCUT2D eigenvalue weighted by Gasteiger charge is 2.41. The summed E-state index contributed by atoms with van der Waals surface area (Å²) < 4.78 is 90.6. The summed E-state index contributed by atoms with van der Waals surface area (Å²) in [5.41, 5.74) is -1.31. The standard InChI is InChI=1S/C10H3ClF7NO3/c11-4-1-5(12)6(19(20)21)2-7(4)22-8(10(16,17)18)3-9(13,14)15/h1-3H. The molecule has 0 saturated carbocycles. The molecule has 1 aromatic carbocycles. The van der Waals surface area contributed by atoms with Crippen LogP contribution in [0.5, 0.6) is 5.75 Å². The molecule has 0 N–H and O–H groups in total. The zero-order valence-electron chi connectivity index (χ0n) is 9.93. The number of benzene rings is 1. The molecule has 0 amide bonds. The van der Waals surface area contributed by atoms with Gasteiger partial charge in [-0.05, 0) is 0 Å². The first kappa shape index (κ1) is 18.0. The molecule has 0 aromatic heterocycles. The minimum absolute atomic E-state index is 0.146. The molecule has 0 spiro atoms. The number of allylic oxidation sites excluding steroid dienone is 2. The van der Waals surface area contributed by atoms with Crippen LogP contribution in [-0.4, -0.2) is 17.3 Å². The molecule has 122 valence electrons. The van der Waals surface area contributed by atoms with Gasteiger partial charge in [0.15, 0.2) is 5.75 Å². The van der Waals surface area contributed by atoms with Gasteiger partial charge in [0.2, 0.25) is 11.6 Å². The Hall–Kier alpha value is -2.04. The number of alkyl halides is 6. The van der Waals surface area contributed by atoms with Crippen LogP contribution in [0.4, 0.5) is 36.4 Å². The summed E-state index contributed by atoms with van der Waals surface area (Å²) in [5.74, 6) is -5.15. The van der Waals surface area contributed by atoms with Gasteiger partial charge in [-0.2, -0.15) is 30.7 Å². The van der Waals surface area contributed by atoms with Crippen molar-refractivity contribution in [3.63, 3.8) is 0 Å². The molecule has 0 radical (unpaired) electrons. The van der Waals surface area contributed by atoms with Gasteiger partial charge in [0.1, 0.15) is 0 Å². The van der Waals surface area contributed by atoms with Crippen LogP contribution >= 0.6 is 11.6 Å². The molecule has 12 heteroatoms. The molecule has 0 fully saturated rings. The minimum atomic E-state index is -5.55. The lowest BCUT2D eigenvalue weighted by Crippen LogP contribution is -2.21. The van der Waals surface area contributed by atoms with Gasteiger partial charge in [0.25, 0.3) is 0 Å². The average Bonchev–Trinajstić information content (AvgIpc) is 2.27. The summed E-state index contributed by atoms with van der Waals surface area (Å²) in [6.07, 6.45) is -12.1. The number of hydrogen-bond donors (Lipinski definition) is 0. The number of ether oxygens (including phenoxy) is 1. The Balaban J connectivity index is 3.34. The average molecular weight is 354 g/mol. The highest BCUT2D eigenvalue weighted by molar-refractivity contribution is 6.32. The third-order valence-electron chi connectivity index (χ3n) is 1.99. The molecule has 22 heavy (non-hydrogen) atoms. The van der Waals surface area contributed by atoms with E-state index in [0.717, 1.165) is 0 Å². The van der Waals surface area contributed by atoms with Crippen molar-refractivity contribution >= 4 is 17.3 Å². The fraction of sp³-hybridized carbons (Fsp3) is 0.200. The van der Waals surface area contributed by atoms with E-state index < -0.39 is 51.4 Å². The molecule has 0 saturated heterocycles. The molecule has 0 aliphatic rings. The quantitative estimate of drug-likeness (QED) is 0.340. The van der Waals surface area contributed by atoms with Crippen molar-refractivity contribution in [1.29, 1.82) is 0 Å². The van der Waals surface area contributed by atoms with Crippen molar-refractivity contribution < 1.29 is 40.4 Å². The van der Waals surface area contributed by atoms with Crippen molar-refractivity contribution in [3.8, 4) is 5.75 Å². The normalized spacial score (nSPS) is 13.2. The predicted molar refractivity (Wildman–Crippen MR) is 58.9 cm³/mol. The topological polar surface area (TPSA) is 52.4 Å². The van der Waals surface area contributed by atoms with Crippen molar-refractivity contribution in [1.82, 2.24) is 0 Å². The van der Waals surface area contributed by atoms with E-state index >= 15 is 0 Å². The van der Waals surface area contributed by atoms with Gasteiger partial charge >= 0.3 is 18.0 Å². The van der Waals surface area contributed by atoms with Crippen LogP contribution in [0.1, 0.15) is 0 Å². The lowest BCUT2D eigenvalue weighted by Gasteiger charge is -2.15. The number of hydrogen-bond acceptors (Lipinski definition) is 3. The van der Waals surface area contributed by atoms with Gasteiger partial charge in [-0.1, -0.05) is 11.6 Å². The molecule has 0 bridgehead atoms. The van der Waals surface area contributed by atoms with Crippen LogP contribution in [-0.2, 0) is 0 Å². The third-order valence-corrected chi connectivity index (χ3v) is 2.29. The van der Waals surface area contributed by atoms with Gasteiger partial charge in [0.05, 0.1) is 22.1 Å². The lowest BCUT2D eigenvalue weighted by molar-refractivity contribution is -0.387. The maximum atomic E-state index is 13.1. The molecule has 4 nitrogen and oxygen atoms in total. The number of nitro benzene ring substituents is 1. The fourth-order valence-electron chi connectivity index (χ4n) is 1.17. The number of nitro groups is 1. The van der Waals surface area contributed by atoms with E-state index in [1.54, 1.807) is 0 Å². The molecular weight excluding hydrogens is 351 g/mol. The van der Waals surface area contributed by atoms with E-state index in [1.165, 1.54) is 0 Å². The molecule has 0 aliphatic heterocycles. The van der Waals surface area contributed by atoms with Gasteiger partial charge in [-0.25, -0.2) is 0 Å².